The van der Waals surface area contributed by atoms with Crippen molar-refractivity contribution in [2.24, 2.45) is 13.0 Å². The zero-order valence-electron chi connectivity index (χ0n) is 13.3. The minimum absolute atomic E-state index is 0.549. The first kappa shape index (κ1) is 15.8. The Balaban J connectivity index is 2.16. The Bertz CT molecular complexity index is 455. The van der Waals surface area contributed by atoms with Gasteiger partial charge in [-0.1, -0.05) is 25.4 Å². The van der Waals surface area contributed by atoms with Gasteiger partial charge < -0.3 is 5.32 Å². The fourth-order valence-corrected chi connectivity index (χ4v) is 3.09. The summed E-state index contributed by atoms with van der Waals surface area (Å²) in [4.78, 5) is 2.53. The lowest BCUT2D eigenvalue weighted by Crippen LogP contribution is -2.42. The number of aryl methyl sites for hydroxylation is 2. The van der Waals surface area contributed by atoms with Crippen LogP contribution in [0.25, 0.3) is 0 Å². The summed E-state index contributed by atoms with van der Waals surface area (Å²) in [5, 5.41) is 8.90. The second-order valence-electron chi connectivity index (χ2n) is 6.34. The molecule has 2 atom stereocenters. The first-order valence-electron chi connectivity index (χ1n) is 7.55. The van der Waals surface area contributed by atoms with Crippen LogP contribution in [0.2, 0.25) is 5.02 Å². The van der Waals surface area contributed by atoms with Gasteiger partial charge in [-0.15, -0.1) is 0 Å². The van der Waals surface area contributed by atoms with E-state index in [-0.39, 0.29) is 0 Å². The maximum absolute atomic E-state index is 6.40. The topological polar surface area (TPSA) is 33.1 Å². The molecule has 1 aliphatic rings. The summed E-state index contributed by atoms with van der Waals surface area (Å²) in [6.07, 6.45) is 1.18. The SMILES string of the molecule is Cc1nn(C)c(CN2CC(C(C)C)NCCC2C)c1Cl. The third-order valence-corrected chi connectivity index (χ3v) is 4.93. The highest BCUT2D eigenvalue weighted by Crippen LogP contribution is 2.23. The molecule has 1 aromatic rings. The highest BCUT2D eigenvalue weighted by atomic mass is 35.5. The second kappa shape index (κ2) is 6.46. The number of nitrogens with one attached hydrogen (secondary N) is 1. The van der Waals surface area contributed by atoms with Gasteiger partial charge in [0.25, 0.3) is 0 Å². The van der Waals surface area contributed by atoms with Crippen molar-refractivity contribution in [1.82, 2.24) is 20.0 Å². The first-order chi connectivity index (χ1) is 9.40. The maximum atomic E-state index is 6.40. The molecule has 1 fully saturated rings. The van der Waals surface area contributed by atoms with Gasteiger partial charge in [-0.25, -0.2) is 0 Å². The maximum Gasteiger partial charge on any atom is 0.0860 e. The van der Waals surface area contributed by atoms with Gasteiger partial charge in [-0.05, 0) is 32.7 Å². The van der Waals surface area contributed by atoms with E-state index in [9.17, 15) is 0 Å². The van der Waals surface area contributed by atoms with E-state index < -0.39 is 0 Å². The van der Waals surface area contributed by atoms with Crippen molar-refractivity contribution in [1.29, 1.82) is 0 Å². The van der Waals surface area contributed by atoms with E-state index in [1.807, 2.05) is 18.7 Å². The van der Waals surface area contributed by atoms with Gasteiger partial charge in [0.05, 0.1) is 16.4 Å². The Morgan fingerprint density at radius 3 is 2.70 bits per heavy atom. The smallest absolute Gasteiger partial charge is 0.0860 e. The van der Waals surface area contributed by atoms with Crippen LogP contribution in [0, 0.1) is 12.8 Å². The van der Waals surface area contributed by atoms with Gasteiger partial charge in [0.15, 0.2) is 0 Å². The molecular formula is C15H27ClN4. The Hall–Kier alpha value is -0.580. The van der Waals surface area contributed by atoms with E-state index in [0.29, 0.717) is 18.0 Å². The van der Waals surface area contributed by atoms with Crippen molar-refractivity contribution in [3.8, 4) is 0 Å². The van der Waals surface area contributed by atoms with Crippen LogP contribution in [0.1, 0.15) is 38.6 Å². The van der Waals surface area contributed by atoms with Gasteiger partial charge in [-0.2, -0.15) is 5.10 Å². The van der Waals surface area contributed by atoms with Crippen molar-refractivity contribution in [2.45, 2.75) is 52.7 Å². The predicted octanol–water partition coefficient (Wildman–Crippen LogP) is 2.59. The Morgan fingerprint density at radius 1 is 1.45 bits per heavy atom. The Morgan fingerprint density at radius 2 is 2.15 bits per heavy atom. The Labute approximate surface area is 127 Å². The Kier molecular flexibility index (Phi) is 5.10. The van der Waals surface area contributed by atoms with Crippen LogP contribution in [-0.2, 0) is 13.6 Å². The average molecular weight is 299 g/mol. The van der Waals surface area contributed by atoms with Crippen LogP contribution in [0.3, 0.4) is 0 Å². The van der Waals surface area contributed by atoms with E-state index in [1.54, 1.807) is 0 Å². The van der Waals surface area contributed by atoms with Crippen molar-refractivity contribution >= 4 is 11.6 Å². The molecular weight excluding hydrogens is 272 g/mol. The summed E-state index contributed by atoms with van der Waals surface area (Å²) in [5.74, 6) is 0.645. The minimum Gasteiger partial charge on any atom is -0.312 e. The molecule has 2 rings (SSSR count). The van der Waals surface area contributed by atoms with Crippen LogP contribution in [0.15, 0.2) is 0 Å². The molecule has 0 bridgehead atoms. The number of aromatic nitrogens is 2. The number of rotatable bonds is 3. The van der Waals surface area contributed by atoms with Gasteiger partial charge in [0.2, 0.25) is 0 Å². The van der Waals surface area contributed by atoms with Crippen molar-refractivity contribution in [3.63, 3.8) is 0 Å². The molecule has 2 unspecified atom stereocenters. The number of hydrogen-bond donors (Lipinski definition) is 1. The molecule has 0 aromatic carbocycles. The van der Waals surface area contributed by atoms with E-state index in [4.69, 9.17) is 11.6 Å². The van der Waals surface area contributed by atoms with Crippen molar-refractivity contribution in [3.05, 3.63) is 16.4 Å². The molecule has 114 valence electrons. The number of hydrogen-bond acceptors (Lipinski definition) is 3. The fourth-order valence-electron chi connectivity index (χ4n) is 2.87. The lowest BCUT2D eigenvalue weighted by Gasteiger charge is -2.30. The monoisotopic (exact) mass is 298 g/mol. The summed E-state index contributed by atoms with van der Waals surface area (Å²) >= 11 is 6.40. The summed E-state index contributed by atoms with van der Waals surface area (Å²) in [7, 11) is 1.98. The molecule has 1 N–H and O–H groups in total. The largest absolute Gasteiger partial charge is 0.312 e. The highest BCUT2D eigenvalue weighted by molar-refractivity contribution is 6.31. The van der Waals surface area contributed by atoms with Crippen LogP contribution in [-0.4, -0.2) is 39.9 Å². The summed E-state index contributed by atoms with van der Waals surface area (Å²) < 4.78 is 1.92. The molecule has 1 aromatic heterocycles. The normalized spacial score (nSPS) is 25.1. The molecule has 0 amide bonds. The molecule has 0 aliphatic carbocycles. The summed E-state index contributed by atoms with van der Waals surface area (Å²) in [6, 6.07) is 1.12. The van der Waals surface area contributed by atoms with Crippen LogP contribution in [0.4, 0.5) is 0 Å². The van der Waals surface area contributed by atoms with Crippen LogP contribution >= 0.6 is 11.6 Å². The molecule has 1 aliphatic heterocycles. The van der Waals surface area contributed by atoms with Gasteiger partial charge in [-0.3, -0.25) is 9.58 Å². The first-order valence-corrected chi connectivity index (χ1v) is 7.93. The quantitative estimate of drug-likeness (QED) is 0.931. The lowest BCUT2D eigenvalue weighted by molar-refractivity contribution is 0.180. The van der Waals surface area contributed by atoms with Crippen molar-refractivity contribution < 1.29 is 0 Å². The van der Waals surface area contributed by atoms with Gasteiger partial charge >= 0.3 is 0 Å². The highest BCUT2D eigenvalue weighted by Gasteiger charge is 2.26. The van der Waals surface area contributed by atoms with E-state index >= 15 is 0 Å². The molecule has 0 spiro atoms. The third kappa shape index (κ3) is 3.35. The molecule has 4 nitrogen and oxygen atoms in total. The fraction of sp³-hybridized carbons (Fsp3) is 0.800. The molecule has 2 heterocycles. The van der Waals surface area contributed by atoms with E-state index in [2.05, 4.69) is 36.1 Å². The molecule has 0 saturated carbocycles. The second-order valence-corrected chi connectivity index (χ2v) is 6.72. The number of halogens is 1. The lowest BCUT2D eigenvalue weighted by atomic mass is 10.0. The zero-order chi connectivity index (χ0) is 14.9. The molecule has 20 heavy (non-hydrogen) atoms. The molecule has 0 radical (unpaired) electrons. The standard InChI is InChI=1S/C15H27ClN4/c1-10(2)13-8-20(11(3)6-7-17-13)9-14-15(16)12(4)18-19(14)5/h10-11,13,17H,6-9H2,1-5H3. The summed E-state index contributed by atoms with van der Waals surface area (Å²) in [6.45, 7) is 11.9. The predicted molar refractivity (Wildman–Crippen MR) is 84.1 cm³/mol. The van der Waals surface area contributed by atoms with Crippen LogP contribution < -0.4 is 5.32 Å². The van der Waals surface area contributed by atoms with Gasteiger partial charge in [0, 0.05) is 32.2 Å². The summed E-state index contributed by atoms with van der Waals surface area (Å²) in [5.41, 5.74) is 2.05. The molecule has 5 heteroatoms. The van der Waals surface area contributed by atoms with E-state index in [1.165, 1.54) is 6.42 Å². The number of nitrogens with zero attached hydrogens (tertiary/aromatic N) is 3. The third-order valence-electron chi connectivity index (χ3n) is 4.44. The van der Waals surface area contributed by atoms with Crippen LogP contribution in [0.5, 0.6) is 0 Å². The molecule has 1 saturated heterocycles. The zero-order valence-corrected chi connectivity index (χ0v) is 14.0. The van der Waals surface area contributed by atoms with Gasteiger partial charge in [0.1, 0.15) is 0 Å². The van der Waals surface area contributed by atoms with E-state index in [0.717, 1.165) is 36.0 Å². The minimum atomic E-state index is 0.549. The average Bonchev–Trinajstić information content (AvgIpc) is 2.54. The van der Waals surface area contributed by atoms with Crippen molar-refractivity contribution in [2.75, 3.05) is 13.1 Å².